The van der Waals surface area contributed by atoms with Crippen LogP contribution in [0.15, 0.2) is 35.4 Å². The third-order valence-electron chi connectivity index (χ3n) is 6.80. The van der Waals surface area contributed by atoms with Crippen molar-refractivity contribution in [2.24, 2.45) is 5.10 Å². The highest BCUT2D eigenvalue weighted by Crippen LogP contribution is 2.32. The van der Waals surface area contributed by atoms with Gasteiger partial charge in [0.15, 0.2) is 11.5 Å². The molecule has 0 aliphatic carbocycles. The van der Waals surface area contributed by atoms with E-state index in [4.69, 9.17) is 4.74 Å². The quantitative estimate of drug-likeness (QED) is 0.431. The van der Waals surface area contributed by atoms with Crippen molar-refractivity contribution in [2.75, 3.05) is 19.7 Å². The summed E-state index contributed by atoms with van der Waals surface area (Å²) >= 11 is 0. The van der Waals surface area contributed by atoms with Gasteiger partial charge in [-0.15, -0.1) is 10.2 Å². The average molecular weight is 542 g/mol. The number of benzene rings is 1. The molecule has 14 heteroatoms. The van der Waals surface area contributed by atoms with E-state index in [0.29, 0.717) is 43.2 Å². The molecule has 0 amide bonds. The first-order chi connectivity index (χ1) is 18.0. The van der Waals surface area contributed by atoms with Gasteiger partial charge < -0.3 is 9.64 Å². The highest BCUT2D eigenvalue weighted by atomic mass is 19.4. The molecule has 0 atom stereocenters. The molecule has 5 rings (SSSR count). The Hall–Kier alpha value is -3.58. The molecule has 38 heavy (non-hydrogen) atoms. The Balaban J connectivity index is 1.13. The third-order valence-corrected chi connectivity index (χ3v) is 6.80. The second kappa shape index (κ2) is 9.95. The van der Waals surface area contributed by atoms with E-state index in [1.807, 2.05) is 29.2 Å². The molecule has 2 aliphatic heterocycles. The van der Waals surface area contributed by atoms with Crippen LogP contribution in [0.25, 0.3) is 0 Å². The number of alkyl halides is 6. The van der Waals surface area contributed by atoms with Gasteiger partial charge in [-0.2, -0.15) is 41.2 Å². The number of rotatable bonds is 5. The van der Waals surface area contributed by atoms with E-state index < -0.39 is 23.9 Å². The summed E-state index contributed by atoms with van der Waals surface area (Å²) in [6.45, 7) is 3.26. The maximum Gasteiger partial charge on any atom is 0.453 e. The second-order valence-corrected chi connectivity index (χ2v) is 9.34. The highest BCUT2D eigenvalue weighted by molar-refractivity contribution is 5.83. The number of halogens is 6. The maximum absolute atomic E-state index is 13.2. The molecule has 2 aliphatic rings. The topological polar surface area (TPSA) is 73.4 Å². The Morgan fingerprint density at radius 2 is 1.66 bits per heavy atom. The SMILES string of the molecule is Cc1cc(C(F)(F)F)nn1CCOc1ccc(C2CCN(C3=Nn4c(nnc4C(F)(F)F)CC3)CC2)cc1. The van der Waals surface area contributed by atoms with Gasteiger partial charge in [0.05, 0.1) is 6.54 Å². The molecule has 0 saturated carbocycles. The zero-order valence-electron chi connectivity index (χ0n) is 20.4. The summed E-state index contributed by atoms with van der Waals surface area (Å²) in [5, 5.41) is 14.7. The molecule has 1 fully saturated rings. The zero-order chi connectivity index (χ0) is 27.1. The number of likely N-dealkylation sites (tertiary alicyclic amines) is 1. The van der Waals surface area contributed by atoms with Crippen molar-refractivity contribution in [2.45, 2.75) is 57.4 Å². The fourth-order valence-electron chi connectivity index (χ4n) is 4.79. The van der Waals surface area contributed by atoms with Crippen LogP contribution in [0.2, 0.25) is 0 Å². The van der Waals surface area contributed by atoms with Crippen LogP contribution < -0.4 is 4.74 Å². The van der Waals surface area contributed by atoms with E-state index >= 15 is 0 Å². The van der Waals surface area contributed by atoms with Crippen molar-refractivity contribution in [3.63, 3.8) is 0 Å². The normalized spacial score (nSPS) is 16.9. The molecule has 8 nitrogen and oxygen atoms in total. The number of amidine groups is 1. The number of hydrogen-bond donors (Lipinski definition) is 0. The van der Waals surface area contributed by atoms with Gasteiger partial charge in [-0.3, -0.25) is 4.68 Å². The predicted molar refractivity (Wildman–Crippen MR) is 124 cm³/mol. The molecule has 2 aromatic heterocycles. The Morgan fingerprint density at radius 1 is 0.947 bits per heavy atom. The molecular weight excluding hydrogens is 516 g/mol. The van der Waals surface area contributed by atoms with Crippen molar-refractivity contribution >= 4 is 5.84 Å². The fourth-order valence-corrected chi connectivity index (χ4v) is 4.79. The summed E-state index contributed by atoms with van der Waals surface area (Å²) in [5.74, 6) is 0.610. The number of hydrogen-bond acceptors (Lipinski definition) is 6. The lowest BCUT2D eigenvalue weighted by molar-refractivity contribution is -0.147. The van der Waals surface area contributed by atoms with Gasteiger partial charge in [0.1, 0.15) is 18.2 Å². The van der Waals surface area contributed by atoms with Gasteiger partial charge in [-0.25, -0.2) is 0 Å². The van der Waals surface area contributed by atoms with Gasteiger partial charge in [0.25, 0.3) is 5.82 Å². The monoisotopic (exact) mass is 541 g/mol. The Kier molecular flexibility index (Phi) is 6.82. The van der Waals surface area contributed by atoms with Crippen LogP contribution in [0.5, 0.6) is 5.75 Å². The Bertz CT molecular complexity index is 1300. The lowest BCUT2D eigenvalue weighted by atomic mass is 9.89. The minimum Gasteiger partial charge on any atom is -0.492 e. The molecule has 0 radical (unpaired) electrons. The largest absolute Gasteiger partial charge is 0.492 e. The first kappa shape index (κ1) is 26.0. The number of nitrogens with zero attached hydrogens (tertiary/aromatic N) is 7. The number of piperidine rings is 1. The van der Waals surface area contributed by atoms with Gasteiger partial charge in [-0.1, -0.05) is 12.1 Å². The zero-order valence-corrected chi connectivity index (χ0v) is 20.4. The third kappa shape index (κ3) is 5.48. The molecule has 1 saturated heterocycles. The summed E-state index contributed by atoms with van der Waals surface area (Å²) in [6.07, 6.45) is -6.59. The van der Waals surface area contributed by atoms with Gasteiger partial charge in [0, 0.05) is 31.6 Å². The summed E-state index contributed by atoms with van der Waals surface area (Å²) in [5.41, 5.74) is 0.612. The van der Waals surface area contributed by atoms with Crippen LogP contribution in [0, 0.1) is 6.92 Å². The number of ether oxygens (including phenoxy) is 1. The fraction of sp³-hybridized carbons (Fsp3) is 0.500. The minimum absolute atomic E-state index is 0.171. The molecule has 4 heterocycles. The van der Waals surface area contributed by atoms with Crippen molar-refractivity contribution in [3.8, 4) is 5.75 Å². The molecule has 204 valence electrons. The maximum atomic E-state index is 13.2. The van der Waals surface area contributed by atoms with E-state index in [2.05, 4.69) is 20.4 Å². The second-order valence-electron chi connectivity index (χ2n) is 9.34. The molecular formula is C24H25F6N7O. The number of fused-ring (bicyclic) bond motifs is 1. The van der Waals surface area contributed by atoms with Crippen LogP contribution in [0.4, 0.5) is 26.3 Å². The van der Waals surface area contributed by atoms with Gasteiger partial charge in [-0.05, 0) is 49.4 Å². The summed E-state index contributed by atoms with van der Waals surface area (Å²) in [7, 11) is 0. The number of aromatic nitrogens is 5. The van der Waals surface area contributed by atoms with E-state index in [1.165, 1.54) is 4.68 Å². The van der Waals surface area contributed by atoms with Crippen molar-refractivity contribution in [1.29, 1.82) is 0 Å². The Morgan fingerprint density at radius 3 is 2.29 bits per heavy atom. The molecule has 1 aromatic carbocycles. The summed E-state index contributed by atoms with van der Waals surface area (Å²) in [6, 6.07) is 8.60. The van der Waals surface area contributed by atoms with Crippen molar-refractivity contribution in [1.82, 2.24) is 29.6 Å². The van der Waals surface area contributed by atoms with E-state index in [9.17, 15) is 26.3 Å². The van der Waals surface area contributed by atoms with Crippen LogP contribution in [0.1, 0.15) is 53.8 Å². The van der Waals surface area contributed by atoms with E-state index in [1.54, 1.807) is 6.92 Å². The van der Waals surface area contributed by atoms with Gasteiger partial charge in [0.2, 0.25) is 0 Å². The lowest BCUT2D eigenvalue weighted by Gasteiger charge is -2.35. The molecule has 3 aromatic rings. The first-order valence-corrected chi connectivity index (χ1v) is 12.2. The van der Waals surface area contributed by atoms with E-state index in [0.717, 1.165) is 29.1 Å². The highest BCUT2D eigenvalue weighted by Gasteiger charge is 2.40. The molecule has 0 unspecified atom stereocenters. The summed E-state index contributed by atoms with van der Waals surface area (Å²) < 4.78 is 85.8. The van der Waals surface area contributed by atoms with Gasteiger partial charge >= 0.3 is 12.4 Å². The Labute approximate surface area is 213 Å². The molecule has 0 spiro atoms. The molecule has 0 N–H and O–H groups in total. The van der Waals surface area contributed by atoms with Crippen LogP contribution in [0.3, 0.4) is 0 Å². The minimum atomic E-state index is -4.62. The molecule has 0 bridgehead atoms. The van der Waals surface area contributed by atoms with Crippen LogP contribution >= 0.6 is 0 Å². The van der Waals surface area contributed by atoms with Crippen molar-refractivity contribution < 1.29 is 31.1 Å². The predicted octanol–water partition coefficient (Wildman–Crippen LogP) is 4.89. The smallest absolute Gasteiger partial charge is 0.453 e. The average Bonchev–Trinajstić information content (AvgIpc) is 3.48. The van der Waals surface area contributed by atoms with Crippen molar-refractivity contribution in [3.05, 3.63) is 58.9 Å². The van der Waals surface area contributed by atoms with E-state index in [-0.39, 0.29) is 24.9 Å². The number of aryl methyl sites for hydroxylation is 2. The standard InChI is InChI=1S/C24H25F6N7O/c1-15-14-19(23(25,26)27)33-36(15)12-13-38-18-4-2-16(3-5-18)17-8-10-35(11-9-17)21-7-6-20-31-32-22(24(28,29)30)37(20)34-21/h2-5,14,17H,6-13H2,1H3. The van der Waals surface area contributed by atoms with Crippen LogP contribution in [-0.4, -0.2) is 55.1 Å². The first-order valence-electron chi connectivity index (χ1n) is 12.2. The lowest BCUT2D eigenvalue weighted by Crippen LogP contribution is -2.40. The van der Waals surface area contributed by atoms with Crippen LogP contribution in [-0.2, 0) is 25.3 Å². The summed E-state index contributed by atoms with van der Waals surface area (Å²) in [4.78, 5) is 2.03.